The molecule has 2 rings (SSSR count). The smallest absolute Gasteiger partial charge is 0.116 e. The summed E-state index contributed by atoms with van der Waals surface area (Å²) < 4.78 is 5.29. The van der Waals surface area contributed by atoms with Crippen molar-refractivity contribution in [3.63, 3.8) is 0 Å². The largest absolute Gasteiger partial charge is 0.508 e. The summed E-state index contributed by atoms with van der Waals surface area (Å²) >= 11 is 0. The molecule has 0 amide bonds. The molecule has 1 aromatic heterocycles. The SMILES string of the molecule is CCOCc1cc2cc(O)ccc2[nH]1. The molecule has 1 aromatic carbocycles. The second-order valence-corrected chi connectivity index (χ2v) is 3.20. The fourth-order valence-corrected chi connectivity index (χ4v) is 1.47. The van der Waals surface area contributed by atoms with E-state index in [9.17, 15) is 5.11 Å². The Morgan fingerprint density at radius 2 is 2.21 bits per heavy atom. The molecular weight excluding hydrogens is 178 g/mol. The van der Waals surface area contributed by atoms with Crippen molar-refractivity contribution in [2.75, 3.05) is 6.61 Å². The summed E-state index contributed by atoms with van der Waals surface area (Å²) in [4.78, 5) is 3.22. The van der Waals surface area contributed by atoms with E-state index in [0.29, 0.717) is 19.0 Å². The molecule has 3 heteroatoms. The molecule has 0 saturated carbocycles. The standard InChI is InChI=1S/C11H13NO2/c1-2-14-7-9-5-8-6-10(13)3-4-11(8)12-9/h3-6,12-13H,2,7H2,1H3. The zero-order valence-corrected chi connectivity index (χ0v) is 8.08. The Hall–Kier alpha value is -1.48. The zero-order valence-electron chi connectivity index (χ0n) is 8.08. The van der Waals surface area contributed by atoms with Gasteiger partial charge in [-0.25, -0.2) is 0 Å². The summed E-state index contributed by atoms with van der Waals surface area (Å²) in [5.41, 5.74) is 2.06. The Labute approximate surface area is 82.3 Å². The number of phenols is 1. The predicted molar refractivity (Wildman–Crippen MR) is 55.3 cm³/mol. The van der Waals surface area contributed by atoms with E-state index < -0.39 is 0 Å². The predicted octanol–water partition coefficient (Wildman–Crippen LogP) is 2.41. The van der Waals surface area contributed by atoms with Crippen LogP contribution in [0.15, 0.2) is 24.3 Å². The van der Waals surface area contributed by atoms with Crippen LogP contribution in [0.4, 0.5) is 0 Å². The number of hydrogen-bond acceptors (Lipinski definition) is 2. The highest BCUT2D eigenvalue weighted by molar-refractivity contribution is 5.81. The van der Waals surface area contributed by atoms with Gasteiger partial charge in [-0.05, 0) is 31.2 Å². The molecule has 0 aliphatic rings. The van der Waals surface area contributed by atoms with Gasteiger partial charge in [0.2, 0.25) is 0 Å². The molecular formula is C11H13NO2. The van der Waals surface area contributed by atoms with Gasteiger partial charge in [-0.1, -0.05) is 0 Å². The van der Waals surface area contributed by atoms with Gasteiger partial charge < -0.3 is 14.8 Å². The van der Waals surface area contributed by atoms with Crippen molar-refractivity contribution in [3.05, 3.63) is 30.0 Å². The summed E-state index contributed by atoms with van der Waals surface area (Å²) in [7, 11) is 0. The van der Waals surface area contributed by atoms with E-state index >= 15 is 0 Å². The summed E-state index contributed by atoms with van der Waals surface area (Å²) in [5, 5.41) is 10.3. The Morgan fingerprint density at radius 1 is 1.36 bits per heavy atom. The molecule has 0 aliphatic carbocycles. The van der Waals surface area contributed by atoms with E-state index in [4.69, 9.17) is 4.74 Å². The Balaban J connectivity index is 2.32. The molecule has 0 unspecified atom stereocenters. The van der Waals surface area contributed by atoms with Crippen LogP contribution in [-0.2, 0) is 11.3 Å². The fraction of sp³-hybridized carbons (Fsp3) is 0.273. The fourth-order valence-electron chi connectivity index (χ4n) is 1.47. The third kappa shape index (κ3) is 1.72. The van der Waals surface area contributed by atoms with Gasteiger partial charge in [0.25, 0.3) is 0 Å². The van der Waals surface area contributed by atoms with Crippen LogP contribution in [0.3, 0.4) is 0 Å². The van der Waals surface area contributed by atoms with Gasteiger partial charge in [0.1, 0.15) is 5.75 Å². The number of hydrogen-bond donors (Lipinski definition) is 2. The lowest BCUT2D eigenvalue weighted by atomic mass is 10.2. The molecule has 0 spiro atoms. The molecule has 14 heavy (non-hydrogen) atoms. The number of ether oxygens (including phenoxy) is 1. The number of rotatable bonds is 3. The summed E-state index contributed by atoms with van der Waals surface area (Å²) in [6, 6.07) is 7.26. The topological polar surface area (TPSA) is 45.2 Å². The van der Waals surface area contributed by atoms with E-state index in [1.807, 2.05) is 19.1 Å². The molecule has 2 N–H and O–H groups in total. The molecule has 0 fully saturated rings. The van der Waals surface area contributed by atoms with E-state index in [1.165, 1.54) is 0 Å². The third-order valence-electron chi connectivity index (χ3n) is 2.12. The quantitative estimate of drug-likeness (QED) is 0.782. The molecule has 2 aromatic rings. The van der Waals surface area contributed by atoms with Crippen molar-refractivity contribution in [2.45, 2.75) is 13.5 Å². The zero-order chi connectivity index (χ0) is 9.97. The Kier molecular flexibility index (Phi) is 2.41. The molecule has 1 heterocycles. The van der Waals surface area contributed by atoms with Crippen LogP contribution in [0.25, 0.3) is 10.9 Å². The number of fused-ring (bicyclic) bond motifs is 1. The first-order valence-corrected chi connectivity index (χ1v) is 4.68. The van der Waals surface area contributed by atoms with Crippen molar-refractivity contribution >= 4 is 10.9 Å². The first-order chi connectivity index (χ1) is 6.79. The minimum atomic E-state index is 0.291. The van der Waals surface area contributed by atoms with Crippen LogP contribution >= 0.6 is 0 Å². The van der Waals surface area contributed by atoms with Crippen LogP contribution in [0, 0.1) is 0 Å². The maximum Gasteiger partial charge on any atom is 0.116 e. The molecule has 74 valence electrons. The normalized spacial score (nSPS) is 10.9. The van der Waals surface area contributed by atoms with Gasteiger partial charge in [0, 0.05) is 23.2 Å². The summed E-state index contributed by atoms with van der Waals surface area (Å²) in [5.74, 6) is 0.291. The molecule has 0 aliphatic heterocycles. The van der Waals surface area contributed by atoms with Crippen molar-refractivity contribution in [1.82, 2.24) is 4.98 Å². The number of aromatic hydroxyl groups is 1. The first kappa shape index (κ1) is 9.09. The van der Waals surface area contributed by atoms with Crippen molar-refractivity contribution in [1.29, 1.82) is 0 Å². The highest BCUT2D eigenvalue weighted by Gasteiger charge is 2.00. The van der Waals surface area contributed by atoms with Crippen molar-refractivity contribution in [3.8, 4) is 5.75 Å². The molecule has 0 bridgehead atoms. The average molecular weight is 191 g/mol. The van der Waals surface area contributed by atoms with E-state index in [1.54, 1.807) is 12.1 Å². The number of phenolic OH excluding ortho intramolecular Hbond substituents is 1. The lowest BCUT2D eigenvalue weighted by molar-refractivity contribution is 0.132. The maximum atomic E-state index is 9.27. The summed E-state index contributed by atoms with van der Waals surface area (Å²) in [6.45, 7) is 3.26. The molecule has 3 nitrogen and oxygen atoms in total. The summed E-state index contributed by atoms with van der Waals surface area (Å²) in [6.07, 6.45) is 0. The number of aromatic amines is 1. The van der Waals surface area contributed by atoms with Crippen molar-refractivity contribution in [2.24, 2.45) is 0 Å². The highest BCUT2D eigenvalue weighted by Crippen LogP contribution is 2.20. The maximum absolute atomic E-state index is 9.27. The second kappa shape index (κ2) is 3.72. The van der Waals surface area contributed by atoms with Crippen LogP contribution in [0.5, 0.6) is 5.75 Å². The van der Waals surface area contributed by atoms with Gasteiger partial charge >= 0.3 is 0 Å². The minimum absolute atomic E-state index is 0.291. The monoisotopic (exact) mass is 191 g/mol. The van der Waals surface area contributed by atoms with Gasteiger partial charge in [-0.15, -0.1) is 0 Å². The highest BCUT2D eigenvalue weighted by atomic mass is 16.5. The van der Waals surface area contributed by atoms with E-state index in [0.717, 1.165) is 16.6 Å². The lowest BCUT2D eigenvalue weighted by Gasteiger charge is -1.95. The first-order valence-electron chi connectivity index (χ1n) is 4.68. The average Bonchev–Trinajstić information content (AvgIpc) is 2.56. The molecule has 0 radical (unpaired) electrons. The van der Waals surface area contributed by atoms with E-state index in [2.05, 4.69) is 4.98 Å². The lowest BCUT2D eigenvalue weighted by Crippen LogP contribution is -1.90. The third-order valence-corrected chi connectivity index (χ3v) is 2.12. The Bertz CT molecular complexity index is 434. The van der Waals surface area contributed by atoms with Crippen molar-refractivity contribution < 1.29 is 9.84 Å². The van der Waals surface area contributed by atoms with Gasteiger partial charge in [0.15, 0.2) is 0 Å². The van der Waals surface area contributed by atoms with Crippen LogP contribution < -0.4 is 0 Å². The van der Waals surface area contributed by atoms with Gasteiger partial charge in [-0.3, -0.25) is 0 Å². The number of H-pyrrole nitrogens is 1. The van der Waals surface area contributed by atoms with Crippen LogP contribution in [0.1, 0.15) is 12.6 Å². The number of benzene rings is 1. The molecule has 0 saturated heterocycles. The molecule has 0 atom stereocenters. The Morgan fingerprint density at radius 3 is 3.00 bits per heavy atom. The van der Waals surface area contributed by atoms with E-state index in [-0.39, 0.29) is 0 Å². The second-order valence-electron chi connectivity index (χ2n) is 3.20. The van der Waals surface area contributed by atoms with Crippen LogP contribution in [0.2, 0.25) is 0 Å². The number of nitrogens with one attached hydrogen (secondary N) is 1. The van der Waals surface area contributed by atoms with Gasteiger partial charge in [-0.2, -0.15) is 0 Å². The van der Waals surface area contributed by atoms with Gasteiger partial charge in [0.05, 0.1) is 6.61 Å². The minimum Gasteiger partial charge on any atom is -0.508 e. The van der Waals surface area contributed by atoms with Crippen LogP contribution in [-0.4, -0.2) is 16.7 Å². The number of aromatic nitrogens is 1.